The molecule has 1 N–H and O–H groups in total. The average molecular weight is 420 g/mol. The van der Waals surface area contributed by atoms with Crippen LogP contribution < -0.4 is 5.32 Å². The molecule has 0 aliphatic carbocycles. The number of thioether (sulfide) groups is 1. The van der Waals surface area contributed by atoms with Crippen molar-refractivity contribution in [1.29, 1.82) is 0 Å². The first-order valence-corrected chi connectivity index (χ1v) is 10.0. The summed E-state index contributed by atoms with van der Waals surface area (Å²) < 4.78 is 38.2. The summed E-state index contributed by atoms with van der Waals surface area (Å²) in [6.07, 6.45) is -4.44. The minimum atomic E-state index is -4.44. The molecule has 0 aromatic heterocycles. The fraction of sp³-hybridized carbons (Fsp3) is 0.333. The minimum Gasteiger partial charge on any atom is -0.350 e. The molecule has 2 heterocycles. The van der Waals surface area contributed by atoms with Gasteiger partial charge >= 0.3 is 6.18 Å². The van der Waals surface area contributed by atoms with E-state index in [0.717, 1.165) is 17.7 Å². The molecule has 2 atom stereocenters. The van der Waals surface area contributed by atoms with Crippen LogP contribution in [0.3, 0.4) is 0 Å². The Kier molecular flexibility index (Phi) is 4.64. The molecule has 0 radical (unpaired) electrons. The van der Waals surface area contributed by atoms with Gasteiger partial charge in [0.1, 0.15) is 11.4 Å². The molecule has 2 aromatic rings. The molecular weight excluding hydrogens is 401 g/mol. The largest absolute Gasteiger partial charge is 0.416 e. The number of amides is 2. The summed E-state index contributed by atoms with van der Waals surface area (Å²) in [7, 11) is 0. The second-order valence-electron chi connectivity index (χ2n) is 7.69. The molecule has 2 aromatic carbocycles. The lowest BCUT2D eigenvalue weighted by molar-refractivity contribution is -0.137. The number of benzene rings is 2. The number of nitrogens with one attached hydrogen (secondary N) is 1. The smallest absolute Gasteiger partial charge is 0.350 e. The Morgan fingerprint density at radius 2 is 1.90 bits per heavy atom. The summed E-state index contributed by atoms with van der Waals surface area (Å²) in [5.41, 5.74) is 1.08. The maximum atomic E-state index is 13.0. The lowest BCUT2D eigenvalue weighted by Gasteiger charge is -2.29. The van der Waals surface area contributed by atoms with E-state index in [1.54, 1.807) is 28.8 Å². The van der Waals surface area contributed by atoms with Crippen LogP contribution in [0.15, 0.2) is 48.5 Å². The average Bonchev–Trinajstić information content (AvgIpc) is 3.09. The third-order valence-corrected chi connectivity index (χ3v) is 6.80. The van der Waals surface area contributed by atoms with E-state index in [1.807, 2.05) is 26.0 Å². The van der Waals surface area contributed by atoms with E-state index >= 15 is 0 Å². The molecule has 1 saturated heterocycles. The van der Waals surface area contributed by atoms with E-state index in [0.29, 0.717) is 11.1 Å². The fourth-order valence-corrected chi connectivity index (χ4v) is 5.54. The molecule has 2 aliphatic rings. The first-order valence-electron chi connectivity index (χ1n) is 9.13. The number of carbonyl (C=O) groups excluding carboxylic acids is 2. The van der Waals surface area contributed by atoms with Gasteiger partial charge in [0, 0.05) is 16.9 Å². The van der Waals surface area contributed by atoms with Gasteiger partial charge in [0.25, 0.3) is 5.91 Å². The van der Waals surface area contributed by atoms with Gasteiger partial charge < -0.3 is 10.2 Å². The van der Waals surface area contributed by atoms with E-state index in [-0.39, 0.29) is 23.7 Å². The van der Waals surface area contributed by atoms with Crippen molar-refractivity contribution >= 4 is 23.6 Å². The van der Waals surface area contributed by atoms with Gasteiger partial charge in [0.2, 0.25) is 5.91 Å². The second kappa shape index (κ2) is 6.79. The number of nitrogens with zero attached hydrogens (tertiary/aromatic N) is 1. The van der Waals surface area contributed by atoms with Crippen LogP contribution in [-0.4, -0.2) is 27.5 Å². The number of hydrogen-bond acceptors (Lipinski definition) is 3. The Balaban J connectivity index is 1.54. The zero-order valence-corrected chi connectivity index (χ0v) is 16.6. The van der Waals surface area contributed by atoms with Gasteiger partial charge in [-0.3, -0.25) is 9.59 Å². The van der Waals surface area contributed by atoms with Crippen molar-refractivity contribution in [2.24, 2.45) is 0 Å². The third kappa shape index (κ3) is 3.39. The van der Waals surface area contributed by atoms with E-state index in [9.17, 15) is 22.8 Å². The lowest BCUT2D eigenvalue weighted by Crippen LogP contribution is -2.52. The zero-order valence-electron chi connectivity index (χ0n) is 15.8. The number of alkyl halides is 3. The normalized spacial score (nSPS) is 22.4. The number of rotatable bonds is 3. The Hall–Kier alpha value is -2.48. The molecular formula is C21H19F3N2O2S. The van der Waals surface area contributed by atoms with Gasteiger partial charge in [-0.05, 0) is 43.2 Å². The molecule has 4 nitrogen and oxygen atoms in total. The molecule has 0 spiro atoms. The standard InChI is InChI=1S/C21H19F3N2O2S/c1-20(2)16(26-18(28)14-8-3-4-9-15(14)19(26)29-20)17(27)25-11-12-6-5-7-13(10-12)21(22,23)24/h3-10,16,19H,11H2,1-2H3,(H,25,27)/t16-,19-/m0/s1. The molecule has 0 saturated carbocycles. The monoisotopic (exact) mass is 420 g/mol. The van der Waals surface area contributed by atoms with Gasteiger partial charge in [-0.1, -0.05) is 30.3 Å². The molecule has 0 unspecified atom stereocenters. The van der Waals surface area contributed by atoms with Crippen molar-refractivity contribution in [2.75, 3.05) is 0 Å². The highest BCUT2D eigenvalue weighted by atomic mass is 32.2. The number of fused-ring (bicyclic) bond motifs is 3. The van der Waals surface area contributed by atoms with E-state index in [1.165, 1.54) is 12.1 Å². The Morgan fingerprint density at radius 3 is 2.62 bits per heavy atom. The molecule has 0 bridgehead atoms. The van der Waals surface area contributed by atoms with Crippen molar-refractivity contribution in [3.63, 3.8) is 0 Å². The van der Waals surface area contributed by atoms with Crippen molar-refractivity contribution < 1.29 is 22.8 Å². The van der Waals surface area contributed by atoms with Gasteiger partial charge in [0.15, 0.2) is 0 Å². The highest BCUT2D eigenvalue weighted by molar-refractivity contribution is 8.01. The predicted molar refractivity (Wildman–Crippen MR) is 104 cm³/mol. The molecule has 152 valence electrons. The Morgan fingerprint density at radius 1 is 1.17 bits per heavy atom. The Bertz CT molecular complexity index is 990. The van der Waals surface area contributed by atoms with Crippen LogP contribution in [0.5, 0.6) is 0 Å². The van der Waals surface area contributed by atoms with E-state index < -0.39 is 22.5 Å². The summed E-state index contributed by atoms with van der Waals surface area (Å²) in [4.78, 5) is 27.5. The summed E-state index contributed by atoms with van der Waals surface area (Å²) >= 11 is 1.54. The summed E-state index contributed by atoms with van der Waals surface area (Å²) in [5.74, 6) is -0.563. The second-order valence-corrected chi connectivity index (χ2v) is 9.43. The third-order valence-electron chi connectivity index (χ3n) is 5.27. The van der Waals surface area contributed by atoms with E-state index in [2.05, 4.69) is 5.32 Å². The van der Waals surface area contributed by atoms with Gasteiger partial charge in [-0.2, -0.15) is 13.2 Å². The van der Waals surface area contributed by atoms with Crippen LogP contribution in [0.1, 0.15) is 46.3 Å². The van der Waals surface area contributed by atoms with Gasteiger partial charge in [-0.15, -0.1) is 11.8 Å². The molecule has 2 aliphatic heterocycles. The first-order chi connectivity index (χ1) is 13.6. The lowest BCUT2D eigenvalue weighted by atomic mass is 10.0. The Labute approximate surface area is 170 Å². The minimum absolute atomic E-state index is 0.0420. The highest BCUT2D eigenvalue weighted by Crippen LogP contribution is 2.56. The summed E-state index contributed by atoms with van der Waals surface area (Å²) in [6.45, 7) is 3.76. The summed E-state index contributed by atoms with van der Waals surface area (Å²) in [5, 5.41) is 2.48. The first kappa shape index (κ1) is 19.8. The van der Waals surface area contributed by atoms with Crippen LogP contribution in [-0.2, 0) is 17.5 Å². The van der Waals surface area contributed by atoms with Crippen molar-refractivity contribution in [1.82, 2.24) is 10.2 Å². The fourth-order valence-electron chi connectivity index (χ4n) is 3.95. The van der Waals surface area contributed by atoms with Crippen molar-refractivity contribution in [3.05, 3.63) is 70.8 Å². The van der Waals surface area contributed by atoms with Crippen LogP contribution in [0.25, 0.3) is 0 Å². The van der Waals surface area contributed by atoms with E-state index in [4.69, 9.17) is 0 Å². The van der Waals surface area contributed by atoms with Gasteiger partial charge in [0.05, 0.1) is 5.56 Å². The van der Waals surface area contributed by atoms with Crippen molar-refractivity contribution in [2.45, 2.75) is 42.7 Å². The van der Waals surface area contributed by atoms with Gasteiger partial charge in [-0.25, -0.2) is 0 Å². The maximum absolute atomic E-state index is 13.0. The molecule has 8 heteroatoms. The number of halogens is 3. The van der Waals surface area contributed by atoms with Crippen molar-refractivity contribution in [3.8, 4) is 0 Å². The maximum Gasteiger partial charge on any atom is 0.416 e. The summed E-state index contributed by atoms with van der Waals surface area (Å²) in [6, 6.07) is 11.4. The molecule has 4 rings (SSSR count). The van der Waals surface area contributed by atoms with Crippen LogP contribution in [0.2, 0.25) is 0 Å². The number of hydrogen-bond donors (Lipinski definition) is 1. The van der Waals surface area contributed by atoms with Crippen LogP contribution in [0, 0.1) is 0 Å². The van der Waals surface area contributed by atoms with Crippen LogP contribution >= 0.6 is 11.8 Å². The molecule has 1 fully saturated rings. The number of carbonyl (C=O) groups is 2. The molecule has 29 heavy (non-hydrogen) atoms. The quantitative estimate of drug-likeness (QED) is 0.802. The predicted octanol–water partition coefficient (Wildman–Crippen LogP) is 4.37. The highest BCUT2D eigenvalue weighted by Gasteiger charge is 2.57. The SMILES string of the molecule is CC1(C)S[C@H]2c3ccccc3C(=O)N2[C@H]1C(=O)NCc1cccc(C(F)(F)F)c1. The zero-order chi connectivity index (χ0) is 21.0. The molecule has 2 amide bonds. The van der Waals surface area contributed by atoms with Crippen LogP contribution in [0.4, 0.5) is 13.2 Å². The topological polar surface area (TPSA) is 49.4 Å².